The number of ether oxygens (including phenoxy) is 1. The van der Waals surface area contributed by atoms with Crippen LogP contribution in [0, 0.1) is 11.6 Å². The number of halogens is 2. The predicted molar refractivity (Wildman–Crippen MR) is 44.8 cm³/mol. The van der Waals surface area contributed by atoms with E-state index in [4.69, 9.17) is 4.74 Å². The lowest BCUT2D eigenvalue weighted by Crippen LogP contribution is -2.63. The minimum Gasteiger partial charge on any atom is -0.457 e. The van der Waals surface area contributed by atoms with Gasteiger partial charge >= 0.3 is 0 Å². The van der Waals surface area contributed by atoms with Crippen LogP contribution in [0.1, 0.15) is 0 Å². The van der Waals surface area contributed by atoms with Crippen LogP contribution < -0.4 is 10.1 Å². The largest absolute Gasteiger partial charge is 0.457 e. The smallest absolute Gasteiger partial charge is 0.233 e. The van der Waals surface area contributed by atoms with Crippen molar-refractivity contribution in [3.05, 3.63) is 29.8 Å². The van der Waals surface area contributed by atoms with Gasteiger partial charge in [-0.2, -0.15) is 4.39 Å². The fraction of sp³-hybridized carbons (Fsp3) is 0.333. The van der Waals surface area contributed by atoms with Crippen molar-refractivity contribution in [2.45, 2.75) is 5.79 Å². The summed E-state index contributed by atoms with van der Waals surface area (Å²) >= 11 is 0. The highest BCUT2D eigenvalue weighted by molar-refractivity contribution is 5.26. The fourth-order valence-electron chi connectivity index (χ4n) is 1.18. The summed E-state index contributed by atoms with van der Waals surface area (Å²) in [4.78, 5) is 0. The minimum atomic E-state index is -1.41. The van der Waals surface area contributed by atoms with E-state index in [-0.39, 0.29) is 18.8 Å². The van der Waals surface area contributed by atoms with Gasteiger partial charge in [-0.15, -0.1) is 0 Å². The van der Waals surface area contributed by atoms with Crippen molar-refractivity contribution in [1.82, 2.24) is 5.32 Å². The molecule has 1 aliphatic rings. The molecule has 2 N–H and O–H groups in total. The third kappa shape index (κ3) is 1.56. The van der Waals surface area contributed by atoms with Crippen LogP contribution in [0.2, 0.25) is 0 Å². The SMILES string of the molecule is OC1(Oc2cccc(F)c2F)CNC1. The number of benzene rings is 1. The van der Waals surface area contributed by atoms with Crippen LogP contribution in [0.4, 0.5) is 8.78 Å². The standard InChI is InChI=1S/C9H9F2NO2/c10-6-2-1-3-7(8(6)11)14-9(13)4-12-5-9/h1-3,12-13H,4-5H2. The van der Waals surface area contributed by atoms with Gasteiger partial charge in [-0.05, 0) is 12.1 Å². The van der Waals surface area contributed by atoms with Gasteiger partial charge in [-0.1, -0.05) is 6.07 Å². The Balaban J connectivity index is 2.20. The number of rotatable bonds is 2. The molecular formula is C9H9F2NO2. The first-order chi connectivity index (χ1) is 6.61. The van der Waals surface area contributed by atoms with Gasteiger partial charge < -0.3 is 15.2 Å². The topological polar surface area (TPSA) is 41.5 Å². The molecule has 0 aromatic heterocycles. The zero-order valence-electron chi connectivity index (χ0n) is 7.26. The summed E-state index contributed by atoms with van der Waals surface area (Å²) < 4.78 is 30.7. The molecule has 1 aromatic carbocycles. The van der Waals surface area contributed by atoms with Crippen LogP contribution in [0.5, 0.6) is 5.75 Å². The summed E-state index contributed by atoms with van der Waals surface area (Å²) in [5.74, 6) is -3.74. The average molecular weight is 201 g/mol. The Bertz CT molecular complexity index is 353. The molecule has 0 bridgehead atoms. The van der Waals surface area contributed by atoms with Gasteiger partial charge in [0, 0.05) is 0 Å². The molecule has 0 radical (unpaired) electrons. The minimum absolute atomic E-state index is 0.211. The summed E-state index contributed by atoms with van der Waals surface area (Å²) in [5.41, 5.74) is 0. The molecule has 0 unspecified atom stereocenters. The van der Waals surface area contributed by atoms with Gasteiger partial charge in [-0.3, -0.25) is 0 Å². The number of hydrogen-bond donors (Lipinski definition) is 2. The molecule has 0 aliphatic carbocycles. The maximum atomic E-state index is 13.1. The molecule has 0 saturated carbocycles. The van der Waals surface area contributed by atoms with Gasteiger partial charge in [0.1, 0.15) is 0 Å². The van der Waals surface area contributed by atoms with Crippen molar-refractivity contribution < 1.29 is 18.6 Å². The molecule has 1 fully saturated rings. The summed E-state index contributed by atoms with van der Waals surface area (Å²) in [6.45, 7) is 0.423. The predicted octanol–water partition coefficient (Wildman–Crippen LogP) is 0.635. The lowest BCUT2D eigenvalue weighted by molar-refractivity contribution is -0.170. The molecule has 1 aliphatic heterocycles. The van der Waals surface area contributed by atoms with E-state index < -0.39 is 17.4 Å². The Morgan fingerprint density at radius 3 is 2.64 bits per heavy atom. The Hall–Kier alpha value is -1.20. The van der Waals surface area contributed by atoms with E-state index in [2.05, 4.69) is 5.32 Å². The number of nitrogens with one attached hydrogen (secondary N) is 1. The molecule has 0 spiro atoms. The number of aliphatic hydroxyl groups is 1. The summed E-state index contributed by atoms with van der Waals surface area (Å²) in [6.07, 6.45) is 0. The zero-order valence-corrected chi connectivity index (χ0v) is 7.26. The van der Waals surface area contributed by atoms with Crippen LogP contribution in [0.3, 0.4) is 0 Å². The number of hydrogen-bond acceptors (Lipinski definition) is 3. The summed E-state index contributed by atoms with van der Waals surface area (Å²) in [5, 5.41) is 12.3. The van der Waals surface area contributed by atoms with Gasteiger partial charge in [0.2, 0.25) is 11.6 Å². The van der Waals surface area contributed by atoms with Crippen molar-refractivity contribution in [2.24, 2.45) is 0 Å². The molecule has 0 atom stereocenters. The van der Waals surface area contributed by atoms with Gasteiger partial charge in [-0.25, -0.2) is 4.39 Å². The zero-order chi connectivity index (χ0) is 10.2. The molecule has 5 heteroatoms. The second-order valence-corrected chi connectivity index (χ2v) is 3.20. The second-order valence-electron chi connectivity index (χ2n) is 3.20. The Kier molecular flexibility index (Phi) is 2.13. The molecule has 76 valence electrons. The first kappa shape index (κ1) is 9.36. The Labute approximate surface area is 79.3 Å². The van der Waals surface area contributed by atoms with Crippen molar-refractivity contribution in [3.63, 3.8) is 0 Å². The lowest BCUT2D eigenvalue weighted by atomic mass is 10.1. The molecule has 0 amide bonds. The second kappa shape index (κ2) is 3.18. The molecule has 2 rings (SSSR count). The normalized spacial score (nSPS) is 18.8. The van der Waals surface area contributed by atoms with E-state index >= 15 is 0 Å². The van der Waals surface area contributed by atoms with E-state index in [1.54, 1.807) is 0 Å². The molecule has 1 saturated heterocycles. The summed E-state index contributed by atoms with van der Waals surface area (Å²) in [7, 11) is 0. The van der Waals surface area contributed by atoms with E-state index in [0.717, 1.165) is 6.07 Å². The quantitative estimate of drug-likeness (QED) is 0.690. The molecule has 14 heavy (non-hydrogen) atoms. The fourth-order valence-corrected chi connectivity index (χ4v) is 1.18. The molecule has 1 heterocycles. The van der Waals surface area contributed by atoms with Crippen molar-refractivity contribution in [3.8, 4) is 5.75 Å². The van der Waals surface area contributed by atoms with E-state index in [1.165, 1.54) is 12.1 Å². The third-order valence-corrected chi connectivity index (χ3v) is 2.02. The maximum Gasteiger partial charge on any atom is 0.233 e. The van der Waals surface area contributed by atoms with Crippen LogP contribution in [-0.4, -0.2) is 24.0 Å². The lowest BCUT2D eigenvalue weighted by Gasteiger charge is -2.37. The highest BCUT2D eigenvalue weighted by Gasteiger charge is 2.37. The van der Waals surface area contributed by atoms with Crippen molar-refractivity contribution in [1.29, 1.82) is 0 Å². The van der Waals surface area contributed by atoms with Crippen LogP contribution in [0.15, 0.2) is 18.2 Å². The van der Waals surface area contributed by atoms with Crippen molar-refractivity contribution >= 4 is 0 Å². The first-order valence-corrected chi connectivity index (χ1v) is 4.17. The Morgan fingerprint density at radius 1 is 1.36 bits per heavy atom. The highest BCUT2D eigenvalue weighted by Crippen LogP contribution is 2.24. The molecular weight excluding hydrogens is 192 g/mol. The van der Waals surface area contributed by atoms with E-state index in [1.807, 2.05) is 0 Å². The van der Waals surface area contributed by atoms with Crippen molar-refractivity contribution in [2.75, 3.05) is 13.1 Å². The number of β-amino-alcohol motifs (C(OH)–C–C–N with tert-alkyl or cyclic N) is 1. The first-order valence-electron chi connectivity index (χ1n) is 4.17. The summed E-state index contributed by atoms with van der Waals surface area (Å²) in [6, 6.07) is 3.59. The van der Waals surface area contributed by atoms with Gasteiger partial charge in [0.25, 0.3) is 0 Å². The van der Waals surface area contributed by atoms with Crippen LogP contribution >= 0.6 is 0 Å². The Morgan fingerprint density at radius 2 is 2.07 bits per heavy atom. The molecule has 1 aromatic rings. The average Bonchev–Trinajstić information content (AvgIpc) is 2.10. The van der Waals surface area contributed by atoms with Crippen LogP contribution in [0.25, 0.3) is 0 Å². The molecule has 3 nitrogen and oxygen atoms in total. The van der Waals surface area contributed by atoms with Crippen LogP contribution in [-0.2, 0) is 0 Å². The van der Waals surface area contributed by atoms with Gasteiger partial charge in [0.15, 0.2) is 11.6 Å². The van der Waals surface area contributed by atoms with Gasteiger partial charge in [0.05, 0.1) is 13.1 Å². The monoisotopic (exact) mass is 201 g/mol. The van der Waals surface area contributed by atoms with E-state index in [0.29, 0.717) is 0 Å². The maximum absolute atomic E-state index is 13.1. The third-order valence-electron chi connectivity index (χ3n) is 2.02. The highest BCUT2D eigenvalue weighted by atomic mass is 19.2. The van der Waals surface area contributed by atoms with E-state index in [9.17, 15) is 13.9 Å².